The predicted molar refractivity (Wildman–Crippen MR) is 113 cm³/mol. The summed E-state index contributed by atoms with van der Waals surface area (Å²) >= 11 is 6.11. The van der Waals surface area contributed by atoms with Crippen molar-refractivity contribution in [3.63, 3.8) is 0 Å². The van der Waals surface area contributed by atoms with Crippen molar-refractivity contribution in [2.75, 3.05) is 5.75 Å². The third kappa shape index (κ3) is 4.74. The molecule has 1 fully saturated rings. The van der Waals surface area contributed by atoms with Crippen LogP contribution in [0, 0.1) is 0 Å². The molecule has 2 atom stereocenters. The molecule has 1 aliphatic rings. The number of aromatic nitrogens is 2. The second kappa shape index (κ2) is 8.34. The van der Waals surface area contributed by atoms with Crippen molar-refractivity contribution in [3.8, 4) is 5.88 Å². The van der Waals surface area contributed by atoms with Crippen LogP contribution in [0.4, 0.5) is 0 Å². The molecule has 8 nitrogen and oxygen atoms in total. The van der Waals surface area contributed by atoms with E-state index < -0.39 is 15.4 Å². The molecule has 2 aromatic heterocycles. The van der Waals surface area contributed by atoms with Crippen molar-refractivity contribution in [1.82, 2.24) is 9.97 Å². The molecule has 2 heterocycles. The van der Waals surface area contributed by atoms with Gasteiger partial charge in [0.1, 0.15) is 5.15 Å². The van der Waals surface area contributed by atoms with Gasteiger partial charge in [-0.1, -0.05) is 23.6 Å². The summed E-state index contributed by atoms with van der Waals surface area (Å²) in [5, 5.41) is 5.47. The number of nitrogens with zero attached hydrogens (tertiary/aromatic N) is 5. The highest BCUT2D eigenvalue weighted by Gasteiger charge is 2.35. The van der Waals surface area contributed by atoms with Gasteiger partial charge in [-0.15, -0.1) is 0 Å². The molecule has 10 heteroatoms. The first-order valence-electron chi connectivity index (χ1n) is 9.59. The molecule has 2 aromatic rings. The van der Waals surface area contributed by atoms with E-state index in [4.69, 9.17) is 21.9 Å². The Hall–Kier alpha value is -2.09. The fourth-order valence-corrected chi connectivity index (χ4v) is 5.20. The van der Waals surface area contributed by atoms with Gasteiger partial charge in [-0.25, -0.2) is 18.4 Å². The lowest BCUT2D eigenvalue weighted by molar-refractivity contribution is 0.212. The molecule has 0 N–H and O–H groups in total. The number of hydrogen-bond donors (Lipinski definition) is 0. The van der Waals surface area contributed by atoms with Crippen molar-refractivity contribution in [2.45, 2.75) is 63.3 Å². The van der Waals surface area contributed by atoms with Gasteiger partial charge in [0.25, 0.3) is 0 Å². The highest BCUT2D eigenvalue weighted by atomic mass is 35.5. The van der Waals surface area contributed by atoms with Gasteiger partial charge in [-0.3, -0.25) is 0 Å². The molecule has 0 saturated heterocycles. The maximum Gasteiger partial charge on any atom is 0.223 e. The van der Waals surface area contributed by atoms with Crippen LogP contribution in [0.1, 0.15) is 52.0 Å². The second-order valence-electron chi connectivity index (χ2n) is 7.63. The molecule has 156 valence electrons. The highest BCUT2D eigenvalue weighted by molar-refractivity contribution is 7.92. The van der Waals surface area contributed by atoms with E-state index in [0.717, 1.165) is 23.8 Å². The van der Waals surface area contributed by atoms with E-state index in [2.05, 4.69) is 20.0 Å². The summed E-state index contributed by atoms with van der Waals surface area (Å²) in [6.07, 6.45) is 5.34. The topological polar surface area (TPSA) is 118 Å². The van der Waals surface area contributed by atoms with Crippen molar-refractivity contribution >= 4 is 32.2 Å². The van der Waals surface area contributed by atoms with Crippen molar-refractivity contribution < 1.29 is 13.2 Å². The Morgan fingerprint density at radius 3 is 2.72 bits per heavy atom. The van der Waals surface area contributed by atoms with Crippen LogP contribution >= 0.6 is 11.6 Å². The van der Waals surface area contributed by atoms with Crippen molar-refractivity contribution in [1.29, 1.82) is 0 Å². The minimum absolute atomic E-state index is 0.101. The van der Waals surface area contributed by atoms with Gasteiger partial charge in [0.2, 0.25) is 5.88 Å². The van der Waals surface area contributed by atoms with E-state index in [-0.39, 0.29) is 17.1 Å². The fraction of sp³-hybridized carbons (Fsp3) is 0.579. The Bertz CT molecular complexity index is 1070. The van der Waals surface area contributed by atoms with Crippen molar-refractivity contribution in [2.24, 2.45) is 5.11 Å². The molecule has 0 radical (unpaired) electrons. The lowest BCUT2D eigenvalue weighted by atomic mass is 9.88. The standard InChI is InChI=1S/C19H24ClN5O3S/c1-4-19(3,24-25-21)16-11-23-18(15-10-22-17(20)9-14(15)16)28-12(2)7-8-29(26,27)13-5-6-13/h9-13H,4-8H2,1-3H3. The van der Waals surface area contributed by atoms with Crippen LogP contribution < -0.4 is 4.74 Å². The number of rotatable bonds is 9. The van der Waals surface area contributed by atoms with E-state index >= 15 is 0 Å². The van der Waals surface area contributed by atoms with Crippen LogP contribution in [-0.4, -0.2) is 35.5 Å². The quantitative estimate of drug-likeness (QED) is 0.238. The summed E-state index contributed by atoms with van der Waals surface area (Å²) in [7, 11) is -3.04. The van der Waals surface area contributed by atoms with Gasteiger partial charge in [0, 0.05) is 17.3 Å². The number of halogens is 1. The number of sulfone groups is 1. The number of fused-ring (bicyclic) bond motifs is 1. The molecule has 1 saturated carbocycles. The van der Waals surface area contributed by atoms with Gasteiger partial charge in [-0.05, 0) is 62.1 Å². The summed E-state index contributed by atoms with van der Waals surface area (Å²) in [5.74, 6) is 0.451. The third-order valence-electron chi connectivity index (χ3n) is 5.39. The molecule has 0 aliphatic heterocycles. The normalized spacial score (nSPS) is 17.4. The zero-order valence-corrected chi connectivity index (χ0v) is 18.2. The van der Waals surface area contributed by atoms with E-state index in [0.29, 0.717) is 29.3 Å². The highest BCUT2D eigenvalue weighted by Crippen LogP contribution is 2.38. The van der Waals surface area contributed by atoms with Crippen LogP contribution in [0.25, 0.3) is 21.2 Å². The summed E-state index contributed by atoms with van der Waals surface area (Å²) in [6.45, 7) is 5.59. The van der Waals surface area contributed by atoms with Crippen LogP contribution in [0.3, 0.4) is 0 Å². The summed E-state index contributed by atoms with van der Waals surface area (Å²) in [4.78, 5) is 11.5. The second-order valence-corrected chi connectivity index (χ2v) is 10.4. The molecule has 0 aromatic carbocycles. The smallest absolute Gasteiger partial charge is 0.223 e. The van der Waals surface area contributed by atoms with Crippen LogP contribution in [0.15, 0.2) is 23.6 Å². The van der Waals surface area contributed by atoms with E-state index in [1.54, 1.807) is 18.5 Å². The largest absolute Gasteiger partial charge is 0.474 e. The first-order chi connectivity index (χ1) is 13.7. The lowest BCUT2D eigenvalue weighted by Gasteiger charge is -2.25. The van der Waals surface area contributed by atoms with Gasteiger partial charge in [0.05, 0.1) is 28.0 Å². The molecular weight excluding hydrogens is 414 g/mol. The average molecular weight is 438 g/mol. The Labute approximate surface area is 175 Å². The molecule has 0 bridgehead atoms. The van der Waals surface area contributed by atoms with Gasteiger partial charge in [-0.2, -0.15) is 0 Å². The number of pyridine rings is 2. The average Bonchev–Trinajstić information content (AvgIpc) is 3.52. The Balaban J connectivity index is 1.91. The minimum Gasteiger partial charge on any atom is -0.474 e. The predicted octanol–water partition coefficient (Wildman–Crippen LogP) is 4.95. The minimum atomic E-state index is -3.04. The monoisotopic (exact) mass is 437 g/mol. The zero-order valence-electron chi connectivity index (χ0n) is 16.7. The Kier molecular flexibility index (Phi) is 6.22. The van der Waals surface area contributed by atoms with Crippen LogP contribution in [0.5, 0.6) is 5.88 Å². The van der Waals surface area contributed by atoms with Crippen molar-refractivity contribution in [3.05, 3.63) is 39.6 Å². The number of azide groups is 1. The van der Waals surface area contributed by atoms with Crippen LogP contribution in [-0.2, 0) is 15.4 Å². The Morgan fingerprint density at radius 2 is 2.10 bits per heavy atom. The maximum absolute atomic E-state index is 12.1. The van der Waals surface area contributed by atoms with E-state index in [1.165, 1.54) is 0 Å². The number of hydrogen-bond acceptors (Lipinski definition) is 6. The first kappa shape index (κ1) is 21.6. The van der Waals surface area contributed by atoms with Crippen LogP contribution in [0.2, 0.25) is 5.15 Å². The molecule has 1 aliphatic carbocycles. The van der Waals surface area contributed by atoms with E-state index in [9.17, 15) is 8.42 Å². The van der Waals surface area contributed by atoms with E-state index in [1.807, 2.05) is 20.8 Å². The zero-order chi connectivity index (χ0) is 21.2. The SMILES string of the molecule is CCC(C)(N=[N+]=[N-])c1cnc(OC(C)CCS(=O)(=O)C2CC2)c2cnc(Cl)cc12. The summed E-state index contributed by atoms with van der Waals surface area (Å²) in [6, 6.07) is 1.70. The molecule has 3 rings (SSSR count). The van der Waals surface area contributed by atoms with Gasteiger partial charge >= 0.3 is 0 Å². The Morgan fingerprint density at radius 1 is 1.38 bits per heavy atom. The number of ether oxygens (including phenoxy) is 1. The molecule has 2 unspecified atom stereocenters. The molecule has 29 heavy (non-hydrogen) atoms. The molecule has 0 amide bonds. The lowest BCUT2D eigenvalue weighted by Crippen LogP contribution is -2.21. The molecular formula is C19H24ClN5O3S. The summed E-state index contributed by atoms with van der Waals surface area (Å²) < 4.78 is 30.2. The van der Waals surface area contributed by atoms with Gasteiger partial charge < -0.3 is 4.74 Å². The molecule has 0 spiro atoms. The summed E-state index contributed by atoms with van der Waals surface area (Å²) in [5.41, 5.74) is 8.92. The van der Waals surface area contributed by atoms with Gasteiger partial charge in [0.15, 0.2) is 9.84 Å². The maximum atomic E-state index is 12.1. The fourth-order valence-electron chi connectivity index (χ4n) is 3.20. The first-order valence-corrected chi connectivity index (χ1v) is 11.7. The third-order valence-corrected chi connectivity index (χ3v) is 7.89.